The molecular formula is C25H25ClFNO4. The summed E-state index contributed by atoms with van der Waals surface area (Å²) in [5, 5.41) is 3.72. The van der Waals surface area contributed by atoms with E-state index in [1.807, 2.05) is 31.2 Å². The molecule has 1 N–H and O–H groups in total. The fourth-order valence-electron chi connectivity index (χ4n) is 3.01. The Morgan fingerprint density at radius 3 is 2.31 bits per heavy atom. The molecule has 0 bridgehead atoms. The number of hydrogen-bond acceptors (Lipinski definition) is 5. The summed E-state index contributed by atoms with van der Waals surface area (Å²) in [5.41, 5.74) is 3.08. The van der Waals surface area contributed by atoms with Crippen LogP contribution in [0.4, 0.5) is 10.1 Å². The zero-order chi connectivity index (χ0) is 22.9. The molecule has 0 aromatic heterocycles. The number of anilines is 1. The molecule has 0 aliphatic carbocycles. The maximum atomic E-state index is 13.1. The van der Waals surface area contributed by atoms with Crippen LogP contribution in [0.2, 0.25) is 5.02 Å². The molecule has 0 aliphatic rings. The minimum absolute atomic E-state index is 0.241. The minimum atomic E-state index is -0.344. The van der Waals surface area contributed by atoms with Gasteiger partial charge in [0.15, 0.2) is 11.5 Å². The topological polar surface area (TPSA) is 56.8 Å². The minimum Gasteiger partial charge on any atom is -0.490 e. The summed E-state index contributed by atoms with van der Waals surface area (Å²) in [6, 6.07) is 16.8. The van der Waals surface area contributed by atoms with Crippen LogP contribution < -0.4 is 14.8 Å². The highest BCUT2D eigenvalue weighted by Crippen LogP contribution is 2.37. The van der Waals surface area contributed by atoms with Crippen molar-refractivity contribution in [3.8, 4) is 11.5 Å². The molecule has 3 rings (SSSR count). The predicted molar refractivity (Wildman–Crippen MR) is 123 cm³/mol. The summed E-state index contributed by atoms with van der Waals surface area (Å²) in [6.45, 7) is 5.18. The summed E-state index contributed by atoms with van der Waals surface area (Å²) in [5.74, 6) is 0.342. The zero-order valence-corrected chi connectivity index (χ0v) is 18.7. The van der Waals surface area contributed by atoms with Crippen molar-refractivity contribution < 1.29 is 23.4 Å². The maximum Gasteiger partial charge on any atom is 0.338 e. The van der Waals surface area contributed by atoms with E-state index < -0.39 is 0 Å². The summed E-state index contributed by atoms with van der Waals surface area (Å²) in [4.78, 5) is 11.8. The zero-order valence-electron chi connectivity index (χ0n) is 18.0. The van der Waals surface area contributed by atoms with E-state index >= 15 is 0 Å². The van der Waals surface area contributed by atoms with E-state index in [9.17, 15) is 9.18 Å². The molecule has 0 heterocycles. The van der Waals surface area contributed by atoms with E-state index in [1.165, 1.54) is 12.1 Å². The van der Waals surface area contributed by atoms with Gasteiger partial charge in [-0.25, -0.2) is 9.18 Å². The van der Waals surface area contributed by atoms with Crippen LogP contribution in [-0.4, -0.2) is 19.2 Å². The van der Waals surface area contributed by atoms with Gasteiger partial charge in [-0.3, -0.25) is 0 Å². The molecule has 0 fully saturated rings. The number of carbonyl (C=O) groups is 1. The quantitative estimate of drug-likeness (QED) is 0.365. The van der Waals surface area contributed by atoms with Crippen molar-refractivity contribution in [3.63, 3.8) is 0 Å². The van der Waals surface area contributed by atoms with Gasteiger partial charge in [-0.15, -0.1) is 0 Å². The first kappa shape index (κ1) is 23.4. The van der Waals surface area contributed by atoms with Crippen molar-refractivity contribution in [3.05, 3.63) is 88.2 Å². The van der Waals surface area contributed by atoms with E-state index in [1.54, 1.807) is 31.2 Å². The van der Waals surface area contributed by atoms with Crippen molar-refractivity contribution in [2.24, 2.45) is 0 Å². The van der Waals surface area contributed by atoms with Crippen molar-refractivity contribution in [2.45, 2.75) is 27.0 Å². The molecule has 0 aliphatic heterocycles. The fraction of sp³-hybridized carbons (Fsp3) is 0.240. The number of rotatable bonds is 10. The molecule has 0 amide bonds. The average molecular weight is 458 g/mol. The predicted octanol–water partition coefficient (Wildman–Crippen LogP) is 6.25. The number of halogens is 2. The van der Waals surface area contributed by atoms with Crippen LogP contribution >= 0.6 is 11.6 Å². The summed E-state index contributed by atoms with van der Waals surface area (Å²) in [6.07, 6.45) is 0. The lowest BCUT2D eigenvalue weighted by Gasteiger charge is -2.16. The van der Waals surface area contributed by atoms with Gasteiger partial charge in [-0.1, -0.05) is 23.7 Å². The van der Waals surface area contributed by atoms with Gasteiger partial charge >= 0.3 is 5.97 Å². The Kier molecular flexibility index (Phi) is 8.34. The number of esters is 1. The summed E-state index contributed by atoms with van der Waals surface area (Å²) < 4.78 is 29.7. The van der Waals surface area contributed by atoms with Crippen molar-refractivity contribution in [2.75, 3.05) is 18.5 Å². The third kappa shape index (κ3) is 6.37. The fourth-order valence-corrected chi connectivity index (χ4v) is 3.29. The molecule has 0 unspecified atom stereocenters. The monoisotopic (exact) mass is 457 g/mol. The van der Waals surface area contributed by atoms with Gasteiger partial charge in [0.05, 0.1) is 23.8 Å². The second kappa shape index (κ2) is 11.4. The van der Waals surface area contributed by atoms with E-state index in [2.05, 4.69) is 5.32 Å². The number of carbonyl (C=O) groups excluding carboxylic acids is 1. The highest BCUT2D eigenvalue weighted by Gasteiger charge is 2.13. The van der Waals surface area contributed by atoms with Crippen LogP contribution in [0.1, 0.15) is 35.3 Å². The van der Waals surface area contributed by atoms with E-state index in [0.29, 0.717) is 41.8 Å². The van der Waals surface area contributed by atoms with Crippen LogP contribution in [0.15, 0.2) is 60.7 Å². The molecule has 0 saturated heterocycles. The molecule has 32 heavy (non-hydrogen) atoms. The van der Waals surface area contributed by atoms with Crippen LogP contribution in [0.25, 0.3) is 0 Å². The number of nitrogens with one attached hydrogen (secondary N) is 1. The molecule has 0 spiro atoms. The van der Waals surface area contributed by atoms with Crippen molar-refractivity contribution >= 4 is 23.3 Å². The van der Waals surface area contributed by atoms with E-state index in [-0.39, 0.29) is 18.4 Å². The van der Waals surface area contributed by atoms with Crippen LogP contribution in [0.5, 0.6) is 11.5 Å². The lowest BCUT2D eigenvalue weighted by Crippen LogP contribution is -2.05. The Bertz CT molecular complexity index is 1040. The molecule has 0 radical (unpaired) electrons. The first-order chi connectivity index (χ1) is 15.5. The Morgan fingerprint density at radius 2 is 1.66 bits per heavy atom. The molecule has 168 valence electrons. The molecule has 0 saturated carbocycles. The van der Waals surface area contributed by atoms with Gasteiger partial charge in [0.2, 0.25) is 0 Å². The van der Waals surface area contributed by atoms with Crippen LogP contribution in [-0.2, 0) is 17.9 Å². The Balaban J connectivity index is 1.68. The second-order valence-corrected chi connectivity index (χ2v) is 7.31. The molecule has 5 nitrogen and oxygen atoms in total. The van der Waals surface area contributed by atoms with Crippen molar-refractivity contribution in [1.82, 2.24) is 0 Å². The SMILES string of the molecule is CCOC(=O)c1ccc(NCc2cc(Cl)c(OCc3ccc(F)cc3)c(OCC)c2)cc1. The Hall–Kier alpha value is -3.25. The lowest BCUT2D eigenvalue weighted by molar-refractivity contribution is 0.0526. The molecular weight excluding hydrogens is 433 g/mol. The Morgan fingerprint density at radius 1 is 0.938 bits per heavy atom. The van der Waals surface area contributed by atoms with Gasteiger partial charge in [-0.2, -0.15) is 0 Å². The highest BCUT2D eigenvalue weighted by atomic mass is 35.5. The third-order valence-electron chi connectivity index (χ3n) is 4.56. The average Bonchev–Trinajstić information content (AvgIpc) is 2.79. The standard InChI is InChI=1S/C25H25ClFNO4/c1-3-30-23-14-18(15-28-21-11-7-19(8-12-21)25(29)31-4-2)13-22(26)24(23)32-16-17-5-9-20(27)10-6-17/h5-14,28H,3-4,15-16H2,1-2H3. The van der Waals surface area contributed by atoms with Gasteiger partial charge in [0.1, 0.15) is 12.4 Å². The van der Waals surface area contributed by atoms with Gasteiger partial charge < -0.3 is 19.5 Å². The lowest BCUT2D eigenvalue weighted by atomic mass is 10.1. The number of benzene rings is 3. The first-order valence-corrected chi connectivity index (χ1v) is 10.7. The van der Waals surface area contributed by atoms with E-state index in [4.69, 9.17) is 25.8 Å². The maximum absolute atomic E-state index is 13.1. The van der Waals surface area contributed by atoms with Crippen molar-refractivity contribution in [1.29, 1.82) is 0 Å². The number of hydrogen-bond donors (Lipinski definition) is 1. The van der Waals surface area contributed by atoms with Gasteiger partial charge in [-0.05, 0) is 73.5 Å². The Labute approximate surface area is 192 Å². The van der Waals surface area contributed by atoms with Gasteiger partial charge in [0.25, 0.3) is 0 Å². The normalized spacial score (nSPS) is 10.5. The molecule has 0 atom stereocenters. The highest BCUT2D eigenvalue weighted by molar-refractivity contribution is 6.32. The number of ether oxygens (including phenoxy) is 3. The molecule has 3 aromatic rings. The van der Waals surface area contributed by atoms with Crippen LogP contribution in [0, 0.1) is 5.82 Å². The summed E-state index contributed by atoms with van der Waals surface area (Å²) >= 11 is 6.48. The van der Waals surface area contributed by atoms with Crippen LogP contribution in [0.3, 0.4) is 0 Å². The second-order valence-electron chi connectivity index (χ2n) is 6.90. The summed E-state index contributed by atoms with van der Waals surface area (Å²) in [7, 11) is 0. The van der Waals surface area contributed by atoms with E-state index in [0.717, 1.165) is 16.8 Å². The van der Waals surface area contributed by atoms with Gasteiger partial charge in [0, 0.05) is 12.2 Å². The molecule has 7 heteroatoms. The first-order valence-electron chi connectivity index (χ1n) is 10.3. The largest absolute Gasteiger partial charge is 0.490 e. The smallest absolute Gasteiger partial charge is 0.338 e. The third-order valence-corrected chi connectivity index (χ3v) is 4.84. The molecule has 3 aromatic carbocycles.